The predicted molar refractivity (Wildman–Crippen MR) is 66.8 cm³/mol. The van der Waals surface area contributed by atoms with Gasteiger partial charge in [0.1, 0.15) is 6.04 Å². The lowest BCUT2D eigenvalue weighted by Gasteiger charge is -2.34. The maximum atomic E-state index is 12.4. The van der Waals surface area contributed by atoms with Crippen molar-refractivity contribution in [3.05, 3.63) is 0 Å². The highest BCUT2D eigenvalue weighted by Crippen LogP contribution is 2.30. The molecule has 1 saturated carbocycles. The molecular formula is C13H24N2O2. The first-order valence-electron chi connectivity index (χ1n) is 6.86. The molecule has 1 aliphatic heterocycles. The van der Waals surface area contributed by atoms with E-state index < -0.39 is 0 Å². The van der Waals surface area contributed by atoms with E-state index in [1.54, 1.807) is 0 Å². The van der Waals surface area contributed by atoms with Gasteiger partial charge >= 0.3 is 0 Å². The summed E-state index contributed by atoms with van der Waals surface area (Å²) in [7, 11) is 0. The van der Waals surface area contributed by atoms with E-state index >= 15 is 0 Å². The Labute approximate surface area is 104 Å². The Hall–Kier alpha value is -0.610. The average Bonchev–Trinajstić information content (AvgIpc) is 3.12. The number of rotatable bonds is 5. The van der Waals surface area contributed by atoms with Crippen LogP contribution in [0.2, 0.25) is 0 Å². The largest absolute Gasteiger partial charge is 0.375 e. The summed E-state index contributed by atoms with van der Waals surface area (Å²) in [5, 5.41) is 3.28. The molecule has 0 radical (unpaired) electrons. The fourth-order valence-electron chi connectivity index (χ4n) is 2.38. The molecule has 1 amide bonds. The van der Waals surface area contributed by atoms with E-state index in [1.807, 2.05) is 11.8 Å². The number of hydrogen-bond donors (Lipinski definition) is 1. The highest BCUT2D eigenvalue weighted by molar-refractivity contribution is 5.82. The minimum absolute atomic E-state index is 0.00481. The van der Waals surface area contributed by atoms with Crippen LogP contribution in [-0.4, -0.2) is 49.2 Å². The number of morpholine rings is 1. The summed E-state index contributed by atoms with van der Waals surface area (Å²) in [5.74, 6) is 0.983. The lowest BCUT2D eigenvalue weighted by atomic mass is 10.1. The third-order valence-corrected chi connectivity index (χ3v) is 3.56. The van der Waals surface area contributed by atoms with E-state index in [9.17, 15) is 4.79 Å². The van der Waals surface area contributed by atoms with E-state index in [4.69, 9.17) is 4.74 Å². The van der Waals surface area contributed by atoms with Crippen molar-refractivity contribution >= 4 is 5.91 Å². The number of nitrogens with zero attached hydrogens (tertiary/aromatic N) is 1. The van der Waals surface area contributed by atoms with Crippen molar-refractivity contribution in [3.8, 4) is 0 Å². The van der Waals surface area contributed by atoms with Crippen LogP contribution in [0.15, 0.2) is 0 Å². The van der Waals surface area contributed by atoms with E-state index in [-0.39, 0.29) is 18.1 Å². The van der Waals surface area contributed by atoms with Crippen molar-refractivity contribution in [2.24, 2.45) is 5.92 Å². The highest BCUT2D eigenvalue weighted by Gasteiger charge is 2.34. The van der Waals surface area contributed by atoms with Crippen LogP contribution in [0.5, 0.6) is 0 Å². The summed E-state index contributed by atoms with van der Waals surface area (Å²) < 4.78 is 5.55. The van der Waals surface area contributed by atoms with Crippen molar-refractivity contribution in [1.82, 2.24) is 10.2 Å². The first-order chi connectivity index (χ1) is 8.22. The molecule has 4 nitrogen and oxygen atoms in total. The average molecular weight is 240 g/mol. The lowest BCUT2D eigenvalue weighted by molar-refractivity contribution is -0.139. The van der Waals surface area contributed by atoms with Crippen molar-refractivity contribution in [1.29, 1.82) is 0 Å². The molecule has 0 spiro atoms. The smallest absolute Gasteiger partial charge is 0.242 e. The van der Waals surface area contributed by atoms with Gasteiger partial charge in [-0.15, -0.1) is 0 Å². The molecule has 2 fully saturated rings. The molecule has 98 valence electrons. The number of hydrogen-bond acceptors (Lipinski definition) is 3. The Morgan fingerprint density at radius 3 is 2.82 bits per heavy atom. The summed E-state index contributed by atoms with van der Waals surface area (Å²) in [6.07, 6.45) is 3.60. The molecule has 1 aliphatic carbocycles. The van der Waals surface area contributed by atoms with Crippen LogP contribution in [0.25, 0.3) is 0 Å². The molecule has 1 saturated heterocycles. The third-order valence-electron chi connectivity index (χ3n) is 3.56. The molecule has 17 heavy (non-hydrogen) atoms. The molecule has 0 bridgehead atoms. The molecule has 2 rings (SSSR count). The molecule has 2 atom stereocenters. The van der Waals surface area contributed by atoms with Crippen molar-refractivity contribution in [2.45, 2.75) is 45.3 Å². The van der Waals surface area contributed by atoms with Gasteiger partial charge in [-0.3, -0.25) is 4.79 Å². The van der Waals surface area contributed by atoms with Crippen LogP contribution in [0.3, 0.4) is 0 Å². The van der Waals surface area contributed by atoms with Gasteiger partial charge in [0, 0.05) is 19.6 Å². The van der Waals surface area contributed by atoms with Gasteiger partial charge in [0.25, 0.3) is 0 Å². The van der Waals surface area contributed by atoms with Crippen molar-refractivity contribution < 1.29 is 9.53 Å². The summed E-state index contributed by atoms with van der Waals surface area (Å²) in [6.45, 7) is 7.42. The van der Waals surface area contributed by atoms with Crippen LogP contribution in [0.4, 0.5) is 0 Å². The molecule has 0 unspecified atom stereocenters. The van der Waals surface area contributed by atoms with Crippen LogP contribution in [0, 0.1) is 5.92 Å². The number of amides is 1. The minimum Gasteiger partial charge on any atom is -0.375 e. The molecular weight excluding hydrogens is 216 g/mol. The van der Waals surface area contributed by atoms with Gasteiger partial charge in [0.2, 0.25) is 5.91 Å². The normalized spacial score (nSPS) is 29.1. The zero-order valence-electron chi connectivity index (χ0n) is 10.9. The Balaban J connectivity index is 1.92. The summed E-state index contributed by atoms with van der Waals surface area (Å²) in [6, 6.07) is -0.144. The molecule has 2 aliphatic rings. The van der Waals surface area contributed by atoms with Crippen LogP contribution < -0.4 is 5.32 Å². The monoisotopic (exact) mass is 240 g/mol. The maximum Gasteiger partial charge on any atom is 0.242 e. The van der Waals surface area contributed by atoms with E-state index in [0.29, 0.717) is 6.61 Å². The zero-order chi connectivity index (χ0) is 12.3. The second kappa shape index (κ2) is 5.83. The first-order valence-corrected chi connectivity index (χ1v) is 6.86. The first kappa shape index (κ1) is 12.8. The molecule has 0 aromatic heterocycles. The highest BCUT2D eigenvalue weighted by atomic mass is 16.5. The summed E-state index contributed by atoms with van der Waals surface area (Å²) in [5.41, 5.74) is 0. The SMILES string of the molecule is CCCN(CC1CC1)C(=O)[C@H]1NCCO[C@@H]1C. The number of carbonyl (C=O) groups is 1. The zero-order valence-corrected chi connectivity index (χ0v) is 10.9. The van der Waals surface area contributed by atoms with Gasteiger partial charge < -0.3 is 15.0 Å². The molecule has 0 aromatic rings. The summed E-state index contributed by atoms with van der Waals surface area (Å²) in [4.78, 5) is 14.5. The number of nitrogens with one attached hydrogen (secondary N) is 1. The maximum absolute atomic E-state index is 12.4. The van der Waals surface area contributed by atoms with E-state index in [0.717, 1.165) is 32.0 Å². The number of carbonyl (C=O) groups excluding carboxylic acids is 1. The second-order valence-electron chi connectivity index (χ2n) is 5.24. The van der Waals surface area contributed by atoms with Gasteiger partial charge in [0.05, 0.1) is 12.7 Å². The molecule has 1 N–H and O–H groups in total. The Bertz CT molecular complexity index is 266. The van der Waals surface area contributed by atoms with Crippen LogP contribution in [0.1, 0.15) is 33.1 Å². The van der Waals surface area contributed by atoms with Gasteiger partial charge in [-0.25, -0.2) is 0 Å². The lowest BCUT2D eigenvalue weighted by Crippen LogP contribution is -2.56. The third kappa shape index (κ3) is 3.42. The fourth-order valence-corrected chi connectivity index (χ4v) is 2.38. The van der Waals surface area contributed by atoms with Crippen LogP contribution >= 0.6 is 0 Å². The topological polar surface area (TPSA) is 41.6 Å². The van der Waals surface area contributed by atoms with Gasteiger partial charge in [0.15, 0.2) is 0 Å². The van der Waals surface area contributed by atoms with Gasteiger partial charge in [-0.05, 0) is 32.1 Å². The predicted octanol–water partition coefficient (Wildman–Crippen LogP) is 1.01. The molecule has 4 heteroatoms. The summed E-state index contributed by atoms with van der Waals surface area (Å²) >= 11 is 0. The second-order valence-corrected chi connectivity index (χ2v) is 5.24. The molecule has 0 aromatic carbocycles. The Morgan fingerprint density at radius 1 is 1.47 bits per heavy atom. The van der Waals surface area contributed by atoms with E-state index in [2.05, 4.69) is 12.2 Å². The van der Waals surface area contributed by atoms with Gasteiger partial charge in [-0.2, -0.15) is 0 Å². The Kier molecular flexibility index (Phi) is 4.40. The van der Waals surface area contributed by atoms with Crippen LogP contribution in [-0.2, 0) is 9.53 Å². The fraction of sp³-hybridized carbons (Fsp3) is 0.923. The van der Waals surface area contributed by atoms with E-state index in [1.165, 1.54) is 12.8 Å². The van der Waals surface area contributed by atoms with Crippen molar-refractivity contribution in [2.75, 3.05) is 26.2 Å². The minimum atomic E-state index is -0.144. The van der Waals surface area contributed by atoms with Crippen molar-refractivity contribution in [3.63, 3.8) is 0 Å². The van der Waals surface area contributed by atoms with Gasteiger partial charge in [-0.1, -0.05) is 6.92 Å². The standard InChI is InChI=1S/C13H24N2O2/c1-3-7-15(9-11-4-5-11)13(16)12-10(2)17-8-6-14-12/h10-12,14H,3-9H2,1-2H3/t10-,12+/m1/s1. The number of ether oxygens (including phenoxy) is 1. The Morgan fingerprint density at radius 2 is 2.24 bits per heavy atom. The molecule has 1 heterocycles. The quantitative estimate of drug-likeness (QED) is 0.780.